The highest BCUT2D eigenvalue weighted by Gasteiger charge is 2.63. The van der Waals surface area contributed by atoms with Gasteiger partial charge in [-0.05, 0) is 137 Å². The Kier molecular flexibility index (Phi) is 16.7. The molecule has 0 amide bonds. The van der Waals surface area contributed by atoms with Crippen LogP contribution in [0.15, 0.2) is 0 Å². The molecule has 2 nitrogen and oxygen atoms in total. The fraction of sp³-hybridized carbons (Fsp3) is 1.00. The molecule has 4 unspecified atom stereocenters. The van der Waals surface area contributed by atoms with E-state index in [1.165, 1.54) is 153 Å². The summed E-state index contributed by atoms with van der Waals surface area (Å²) in [6, 6.07) is 2.69. The summed E-state index contributed by atoms with van der Waals surface area (Å²) in [7, 11) is -5.51. The summed E-state index contributed by atoms with van der Waals surface area (Å²) in [5, 5.41) is 0. The van der Waals surface area contributed by atoms with Crippen molar-refractivity contribution >= 4 is 25.2 Å². The second kappa shape index (κ2) is 18.0. The zero-order valence-electron chi connectivity index (χ0n) is 30.6. The summed E-state index contributed by atoms with van der Waals surface area (Å²) in [4.78, 5) is 0. The number of hydrogen-bond acceptors (Lipinski definition) is 2. The van der Waals surface area contributed by atoms with Gasteiger partial charge in [-0.1, -0.05) is 119 Å². The minimum atomic E-state index is -2.10. The maximum absolute atomic E-state index is 7.08. The molecule has 5 heteroatoms. The van der Waals surface area contributed by atoms with E-state index in [0.717, 1.165) is 34.5 Å². The third-order valence-corrected chi connectivity index (χ3v) is 24.5. The van der Waals surface area contributed by atoms with Gasteiger partial charge >= 0.3 is 8.56 Å². The van der Waals surface area contributed by atoms with Crippen LogP contribution in [-0.4, -0.2) is 25.2 Å². The molecule has 0 saturated heterocycles. The van der Waals surface area contributed by atoms with Crippen molar-refractivity contribution in [3.8, 4) is 0 Å². The Bertz CT molecular complexity index is 777. The number of rotatable bonds is 24. The van der Waals surface area contributed by atoms with Crippen molar-refractivity contribution in [3.63, 3.8) is 0 Å². The van der Waals surface area contributed by atoms with Crippen molar-refractivity contribution in [1.29, 1.82) is 0 Å². The third kappa shape index (κ3) is 11.8. The highest BCUT2D eigenvalue weighted by molar-refractivity contribution is 6.87. The largest absolute Gasteiger partial charge is 0.437 e. The van der Waals surface area contributed by atoms with Crippen LogP contribution >= 0.6 is 0 Å². The summed E-state index contributed by atoms with van der Waals surface area (Å²) in [6.07, 6.45) is 32.5. The average molecular weight is 681 g/mol. The van der Waals surface area contributed by atoms with E-state index in [-0.39, 0.29) is 14.9 Å². The minimum absolute atomic E-state index is 0. The Morgan fingerprint density at radius 1 is 0.489 bits per heavy atom. The van der Waals surface area contributed by atoms with Crippen LogP contribution in [0.1, 0.15) is 170 Å². The minimum Gasteiger partial charge on any atom is -0.437 e. The van der Waals surface area contributed by atoms with Crippen molar-refractivity contribution in [2.75, 3.05) is 0 Å². The van der Waals surface area contributed by atoms with Gasteiger partial charge in [0.2, 0.25) is 0 Å². The van der Waals surface area contributed by atoms with Gasteiger partial charge < -0.3 is 8.23 Å². The SMILES string of the molecule is C.C.CCCCCCCCC1CCC12CC2CC[Si](C)(C)O[Si](C)(C)O[Si](C)(C)CCC1C[C@]12CC[C@@H]2CCCCCCCC. The summed E-state index contributed by atoms with van der Waals surface area (Å²) in [6.45, 7) is 19.4. The van der Waals surface area contributed by atoms with E-state index in [1.807, 2.05) is 0 Å². The first kappa shape index (κ1) is 41.7. The fourth-order valence-corrected chi connectivity index (χ4v) is 24.4. The molecule has 0 radical (unpaired) electrons. The topological polar surface area (TPSA) is 18.5 Å². The summed E-state index contributed by atoms with van der Waals surface area (Å²) in [5.74, 6) is 4.15. The first-order valence-corrected chi connectivity index (χ1v) is 28.8. The van der Waals surface area contributed by atoms with E-state index < -0.39 is 25.2 Å². The van der Waals surface area contributed by atoms with Gasteiger partial charge in [0, 0.05) is 0 Å². The molecule has 4 rings (SSSR count). The average Bonchev–Trinajstić information content (AvgIpc) is 3.81. The molecule has 0 aromatic carbocycles. The van der Waals surface area contributed by atoms with Crippen LogP contribution in [0, 0.1) is 34.5 Å². The van der Waals surface area contributed by atoms with Crippen LogP contribution in [0.25, 0.3) is 0 Å². The molecule has 0 N–H and O–H groups in total. The van der Waals surface area contributed by atoms with Crippen molar-refractivity contribution < 1.29 is 8.23 Å². The molecule has 45 heavy (non-hydrogen) atoms. The molecule has 4 aliphatic rings. The molecule has 0 aromatic heterocycles. The Hall–Kier alpha value is 0.571. The second-order valence-electron chi connectivity index (χ2n) is 18.1. The van der Waals surface area contributed by atoms with E-state index in [9.17, 15) is 0 Å². The zero-order valence-corrected chi connectivity index (χ0v) is 33.6. The van der Waals surface area contributed by atoms with E-state index in [2.05, 4.69) is 53.1 Å². The second-order valence-corrected chi connectivity index (χ2v) is 30.5. The van der Waals surface area contributed by atoms with Gasteiger partial charge in [-0.3, -0.25) is 0 Å². The maximum Gasteiger partial charge on any atom is 0.311 e. The molecule has 0 heterocycles. The van der Waals surface area contributed by atoms with Gasteiger partial charge in [-0.15, -0.1) is 0 Å². The molecule has 4 aliphatic carbocycles. The Balaban J connectivity index is 0.00000353. The molecule has 268 valence electrons. The first-order chi connectivity index (χ1) is 20.4. The van der Waals surface area contributed by atoms with Crippen LogP contribution in [0.2, 0.25) is 51.4 Å². The van der Waals surface area contributed by atoms with Crippen LogP contribution in [0.3, 0.4) is 0 Å². The molecule has 0 aliphatic heterocycles. The highest BCUT2D eigenvalue weighted by atomic mass is 28.5. The van der Waals surface area contributed by atoms with Crippen LogP contribution in [-0.2, 0) is 8.23 Å². The van der Waals surface area contributed by atoms with Gasteiger partial charge in [0.05, 0.1) is 0 Å². The van der Waals surface area contributed by atoms with E-state index >= 15 is 0 Å². The maximum atomic E-state index is 7.08. The smallest absolute Gasteiger partial charge is 0.311 e. The number of unbranched alkanes of at least 4 members (excludes halogenated alkanes) is 10. The summed E-state index contributed by atoms with van der Waals surface area (Å²) in [5.41, 5.74) is 1.56. The molecular weight excluding hydrogens is 597 g/mol. The van der Waals surface area contributed by atoms with Gasteiger partial charge in [0.25, 0.3) is 0 Å². The quantitative estimate of drug-likeness (QED) is 0.0746. The fourth-order valence-electron chi connectivity index (χ4n) is 10.3. The van der Waals surface area contributed by atoms with E-state index in [0.29, 0.717) is 0 Å². The van der Waals surface area contributed by atoms with Crippen molar-refractivity contribution in [3.05, 3.63) is 0 Å². The van der Waals surface area contributed by atoms with Gasteiger partial charge in [-0.2, -0.15) is 0 Å². The van der Waals surface area contributed by atoms with E-state index in [1.54, 1.807) is 0 Å². The summed E-state index contributed by atoms with van der Waals surface area (Å²) >= 11 is 0. The first-order valence-electron chi connectivity index (χ1n) is 19.8. The standard InChI is InChI=1S/C38H76O2Si3.2CH4/c1-9-11-13-15-17-19-21-33-23-27-37(33)31-35(37)25-29-41(3,4)39-43(7,8)40-42(5,6)30-26-36-32-38(36)28-24-34(38)22-20-18-16-14-12-10-2;;/h33-36H,9-32H2,1-8H3;2*1H4/t33-,34?,35?,36?,37-,38?;;/m0../s1. The van der Waals surface area contributed by atoms with Gasteiger partial charge in [-0.25, -0.2) is 0 Å². The molecule has 2 spiro atoms. The van der Waals surface area contributed by atoms with Crippen molar-refractivity contribution in [1.82, 2.24) is 0 Å². The van der Waals surface area contributed by atoms with E-state index in [4.69, 9.17) is 8.23 Å². The van der Waals surface area contributed by atoms with Crippen molar-refractivity contribution in [2.24, 2.45) is 34.5 Å². The monoisotopic (exact) mass is 681 g/mol. The van der Waals surface area contributed by atoms with Crippen LogP contribution in [0.5, 0.6) is 0 Å². The highest BCUT2D eigenvalue weighted by Crippen LogP contribution is 2.72. The lowest BCUT2D eigenvalue weighted by Crippen LogP contribution is -2.52. The molecule has 6 atom stereocenters. The predicted octanol–water partition coefficient (Wildman–Crippen LogP) is 14.5. The molecule has 0 aromatic rings. The lowest BCUT2D eigenvalue weighted by molar-refractivity contribution is 0.113. The van der Waals surface area contributed by atoms with Crippen molar-refractivity contribution in [2.45, 2.75) is 221 Å². The Labute approximate surface area is 288 Å². The zero-order chi connectivity index (χ0) is 31.2. The normalized spacial score (nSPS) is 30.4. The van der Waals surface area contributed by atoms with Crippen LogP contribution in [0.4, 0.5) is 0 Å². The molecular formula is C40H84O2Si3. The lowest BCUT2D eigenvalue weighted by atomic mass is 9.66. The Morgan fingerprint density at radius 3 is 1.18 bits per heavy atom. The van der Waals surface area contributed by atoms with Crippen LogP contribution < -0.4 is 0 Å². The molecule has 4 fully saturated rings. The Morgan fingerprint density at radius 2 is 0.844 bits per heavy atom. The van der Waals surface area contributed by atoms with Gasteiger partial charge in [0.15, 0.2) is 16.6 Å². The lowest BCUT2D eigenvalue weighted by Gasteiger charge is -2.41. The predicted molar refractivity (Wildman–Crippen MR) is 209 cm³/mol. The summed E-state index contributed by atoms with van der Waals surface area (Å²) < 4.78 is 14.2. The van der Waals surface area contributed by atoms with Gasteiger partial charge in [0.1, 0.15) is 0 Å². The number of hydrogen-bond donors (Lipinski definition) is 0. The third-order valence-electron chi connectivity index (χ3n) is 13.1. The molecule has 0 bridgehead atoms. The molecule has 4 saturated carbocycles.